The Kier molecular flexibility index (Phi) is 4.30. The van der Waals surface area contributed by atoms with Crippen molar-refractivity contribution in [1.82, 2.24) is 10.2 Å². The Morgan fingerprint density at radius 3 is 2.27 bits per heavy atom. The van der Waals surface area contributed by atoms with Crippen molar-refractivity contribution in [3.8, 4) is 0 Å². The Morgan fingerprint density at radius 1 is 1.09 bits per heavy atom. The smallest absolute Gasteiger partial charge is 0.276 e. The lowest BCUT2D eigenvalue weighted by Gasteiger charge is -2.14. The van der Waals surface area contributed by atoms with Crippen LogP contribution in [0.5, 0.6) is 0 Å². The van der Waals surface area contributed by atoms with Gasteiger partial charge in [-0.3, -0.25) is 14.7 Å². The highest BCUT2D eigenvalue weighted by molar-refractivity contribution is 6.03. The second kappa shape index (κ2) is 6.01. The monoisotopic (exact) mass is 300 g/mol. The van der Waals surface area contributed by atoms with Gasteiger partial charge in [0.25, 0.3) is 5.91 Å². The minimum atomic E-state index is -0.299. The van der Waals surface area contributed by atoms with Gasteiger partial charge in [-0.2, -0.15) is 5.10 Å². The van der Waals surface area contributed by atoms with Crippen LogP contribution in [0, 0.1) is 0 Å². The molecule has 1 aromatic carbocycles. The Bertz CT molecular complexity index is 698. The van der Waals surface area contributed by atoms with Crippen molar-refractivity contribution in [2.45, 2.75) is 33.1 Å². The first-order valence-corrected chi connectivity index (χ1v) is 7.00. The molecule has 0 atom stereocenters. The van der Waals surface area contributed by atoms with Crippen LogP contribution in [0.2, 0.25) is 0 Å². The fourth-order valence-electron chi connectivity index (χ4n) is 1.90. The zero-order valence-corrected chi connectivity index (χ0v) is 13.2. The van der Waals surface area contributed by atoms with E-state index in [0.29, 0.717) is 17.1 Å². The van der Waals surface area contributed by atoms with Gasteiger partial charge in [-0.1, -0.05) is 26.8 Å². The highest BCUT2D eigenvalue weighted by atomic mass is 16.2. The SMILES string of the molecule is CC(=O)Nc1cccc(NC(=O)c2cc(C(C)(C)C)[nH]n2)c1. The fraction of sp³-hybridized carbons (Fsp3) is 0.312. The zero-order valence-electron chi connectivity index (χ0n) is 13.2. The molecule has 0 aliphatic heterocycles. The first kappa shape index (κ1) is 15.8. The van der Waals surface area contributed by atoms with Crippen molar-refractivity contribution in [3.05, 3.63) is 41.7 Å². The number of hydrogen-bond donors (Lipinski definition) is 3. The largest absolute Gasteiger partial charge is 0.326 e. The van der Waals surface area contributed by atoms with E-state index < -0.39 is 0 Å². The number of hydrogen-bond acceptors (Lipinski definition) is 3. The van der Waals surface area contributed by atoms with Crippen LogP contribution < -0.4 is 10.6 Å². The van der Waals surface area contributed by atoms with E-state index >= 15 is 0 Å². The normalized spacial score (nSPS) is 11.1. The molecule has 1 aromatic heterocycles. The molecule has 22 heavy (non-hydrogen) atoms. The van der Waals surface area contributed by atoms with Gasteiger partial charge in [0.05, 0.1) is 0 Å². The molecule has 6 nitrogen and oxygen atoms in total. The number of nitrogens with one attached hydrogen (secondary N) is 3. The maximum absolute atomic E-state index is 12.2. The summed E-state index contributed by atoms with van der Waals surface area (Å²) < 4.78 is 0. The van der Waals surface area contributed by atoms with Crippen LogP contribution in [0.3, 0.4) is 0 Å². The van der Waals surface area contributed by atoms with Crippen LogP contribution in [-0.4, -0.2) is 22.0 Å². The fourth-order valence-corrected chi connectivity index (χ4v) is 1.90. The van der Waals surface area contributed by atoms with Gasteiger partial charge in [0.2, 0.25) is 5.91 Å². The molecule has 0 radical (unpaired) electrons. The number of anilines is 2. The van der Waals surface area contributed by atoms with E-state index in [2.05, 4.69) is 20.8 Å². The first-order valence-electron chi connectivity index (χ1n) is 7.00. The van der Waals surface area contributed by atoms with Crippen LogP contribution in [0.4, 0.5) is 11.4 Å². The number of carbonyl (C=O) groups is 2. The summed E-state index contributed by atoms with van der Waals surface area (Å²) in [7, 11) is 0. The number of H-pyrrole nitrogens is 1. The molecule has 0 fully saturated rings. The summed E-state index contributed by atoms with van der Waals surface area (Å²) in [6.45, 7) is 7.56. The summed E-state index contributed by atoms with van der Waals surface area (Å²) in [5.41, 5.74) is 2.34. The maximum atomic E-state index is 12.2. The summed E-state index contributed by atoms with van der Waals surface area (Å²) in [6, 6.07) is 8.69. The minimum absolute atomic E-state index is 0.100. The first-order chi connectivity index (χ1) is 10.3. The standard InChI is InChI=1S/C16H20N4O2/c1-10(21)17-11-6-5-7-12(8-11)18-15(22)13-9-14(20-19-13)16(2,3)4/h5-9H,1-4H3,(H,17,21)(H,18,22)(H,19,20). The number of benzene rings is 1. The number of carbonyl (C=O) groups excluding carboxylic acids is 2. The van der Waals surface area contributed by atoms with Gasteiger partial charge >= 0.3 is 0 Å². The van der Waals surface area contributed by atoms with Crippen LogP contribution in [0.25, 0.3) is 0 Å². The molecule has 6 heteroatoms. The van der Waals surface area contributed by atoms with Crippen molar-refractivity contribution >= 4 is 23.2 Å². The molecular formula is C16H20N4O2. The molecule has 0 bridgehead atoms. The predicted octanol–water partition coefficient (Wildman–Crippen LogP) is 2.92. The minimum Gasteiger partial charge on any atom is -0.326 e. The second-order valence-electron chi connectivity index (χ2n) is 6.13. The van der Waals surface area contributed by atoms with E-state index in [-0.39, 0.29) is 17.2 Å². The molecule has 0 spiro atoms. The third-order valence-corrected chi connectivity index (χ3v) is 3.06. The van der Waals surface area contributed by atoms with Gasteiger partial charge in [0, 0.05) is 29.4 Å². The molecule has 0 saturated heterocycles. The molecule has 3 N–H and O–H groups in total. The van der Waals surface area contributed by atoms with Crippen molar-refractivity contribution in [2.24, 2.45) is 0 Å². The molecule has 0 aliphatic carbocycles. The number of nitrogens with zero attached hydrogens (tertiary/aromatic N) is 1. The summed E-state index contributed by atoms with van der Waals surface area (Å²) in [4.78, 5) is 23.3. The molecular weight excluding hydrogens is 280 g/mol. The van der Waals surface area contributed by atoms with Crippen LogP contribution in [-0.2, 0) is 10.2 Å². The van der Waals surface area contributed by atoms with Gasteiger partial charge < -0.3 is 10.6 Å². The number of aromatic amines is 1. The quantitative estimate of drug-likeness (QED) is 0.814. The molecule has 0 unspecified atom stereocenters. The van der Waals surface area contributed by atoms with E-state index in [1.807, 2.05) is 20.8 Å². The summed E-state index contributed by atoms with van der Waals surface area (Å²) in [5.74, 6) is -0.461. The lowest BCUT2D eigenvalue weighted by atomic mass is 9.92. The van der Waals surface area contributed by atoms with Crippen LogP contribution in [0.1, 0.15) is 43.9 Å². The lowest BCUT2D eigenvalue weighted by molar-refractivity contribution is -0.114. The average Bonchev–Trinajstić information content (AvgIpc) is 2.87. The topological polar surface area (TPSA) is 86.9 Å². The number of amides is 2. The summed E-state index contributed by atoms with van der Waals surface area (Å²) in [6.07, 6.45) is 0. The van der Waals surface area contributed by atoms with E-state index in [1.54, 1.807) is 30.3 Å². The molecule has 1 heterocycles. The Balaban J connectivity index is 2.12. The van der Waals surface area contributed by atoms with Crippen LogP contribution in [0.15, 0.2) is 30.3 Å². The Hall–Kier alpha value is -2.63. The van der Waals surface area contributed by atoms with Crippen LogP contribution >= 0.6 is 0 Å². The summed E-state index contributed by atoms with van der Waals surface area (Å²) >= 11 is 0. The zero-order chi connectivity index (χ0) is 16.3. The molecule has 0 aliphatic rings. The molecule has 2 amide bonds. The van der Waals surface area contributed by atoms with E-state index in [0.717, 1.165) is 5.69 Å². The Labute approximate surface area is 129 Å². The predicted molar refractivity (Wildman–Crippen MR) is 86.0 cm³/mol. The highest BCUT2D eigenvalue weighted by Gasteiger charge is 2.19. The number of aromatic nitrogens is 2. The average molecular weight is 300 g/mol. The molecule has 2 rings (SSSR count). The van der Waals surface area contributed by atoms with E-state index in [4.69, 9.17) is 0 Å². The van der Waals surface area contributed by atoms with Gasteiger partial charge in [0.1, 0.15) is 0 Å². The molecule has 116 valence electrons. The van der Waals surface area contributed by atoms with Gasteiger partial charge in [0.15, 0.2) is 5.69 Å². The molecule has 0 saturated carbocycles. The van der Waals surface area contributed by atoms with Crippen molar-refractivity contribution in [3.63, 3.8) is 0 Å². The molecule has 2 aromatic rings. The number of rotatable bonds is 3. The lowest BCUT2D eigenvalue weighted by Crippen LogP contribution is -2.13. The van der Waals surface area contributed by atoms with Gasteiger partial charge in [-0.25, -0.2) is 0 Å². The van der Waals surface area contributed by atoms with Gasteiger partial charge in [-0.05, 0) is 24.3 Å². The van der Waals surface area contributed by atoms with Crippen molar-refractivity contribution in [1.29, 1.82) is 0 Å². The van der Waals surface area contributed by atoms with E-state index in [9.17, 15) is 9.59 Å². The summed E-state index contributed by atoms with van der Waals surface area (Å²) in [5, 5.41) is 12.4. The van der Waals surface area contributed by atoms with E-state index in [1.165, 1.54) is 6.92 Å². The third kappa shape index (κ3) is 3.94. The maximum Gasteiger partial charge on any atom is 0.276 e. The third-order valence-electron chi connectivity index (χ3n) is 3.06. The second-order valence-corrected chi connectivity index (χ2v) is 6.13. The van der Waals surface area contributed by atoms with Crippen molar-refractivity contribution < 1.29 is 9.59 Å². The highest BCUT2D eigenvalue weighted by Crippen LogP contribution is 2.21. The van der Waals surface area contributed by atoms with Crippen molar-refractivity contribution in [2.75, 3.05) is 10.6 Å². The van der Waals surface area contributed by atoms with Gasteiger partial charge in [-0.15, -0.1) is 0 Å². The Morgan fingerprint density at radius 2 is 1.73 bits per heavy atom.